The highest BCUT2D eigenvalue weighted by Crippen LogP contribution is 2.33. The van der Waals surface area contributed by atoms with E-state index in [-0.39, 0.29) is 6.10 Å². The van der Waals surface area contributed by atoms with Gasteiger partial charge in [-0.15, -0.1) is 0 Å². The molecule has 0 aliphatic carbocycles. The van der Waals surface area contributed by atoms with E-state index in [0.29, 0.717) is 5.69 Å². The molecule has 0 saturated carbocycles. The van der Waals surface area contributed by atoms with Crippen LogP contribution in [0.4, 0.5) is 5.69 Å². The van der Waals surface area contributed by atoms with Crippen LogP contribution in [0.25, 0.3) is 0 Å². The molecule has 19 heavy (non-hydrogen) atoms. The van der Waals surface area contributed by atoms with Crippen molar-refractivity contribution >= 4 is 17.4 Å². The molecule has 0 bridgehead atoms. The third-order valence-corrected chi connectivity index (χ3v) is 3.55. The maximum Gasteiger partial charge on any atom is 0.143 e. The number of rotatable bonds is 4. The summed E-state index contributed by atoms with van der Waals surface area (Å²) in [6, 6.07) is 14.4. The minimum absolute atomic E-state index is 0.126. The molecule has 2 aromatic carbocycles. The van der Waals surface area contributed by atoms with Gasteiger partial charge in [0.05, 0.1) is 11.8 Å². The zero-order valence-electron chi connectivity index (χ0n) is 11.5. The fourth-order valence-corrected chi connectivity index (χ4v) is 2.71. The van der Waals surface area contributed by atoms with Crippen LogP contribution in [-0.2, 0) is 0 Å². The van der Waals surface area contributed by atoms with E-state index in [1.807, 2.05) is 32.0 Å². The average molecular weight is 273 g/mol. The van der Waals surface area contributed by atoms with Crippen LogP contribution in [0.15, 0.2) is 52.3 Å². The Kier molecular flexibility index (Phi) is 4.38. The van der Waals surface area contributed by atoms with Gasteiger partial charge in [-0.3, -0.25) is 0 Å². The highest BCUT2D eigenvalue weighted by molar-refractivity contribution is 7.99. The van der Waals surface area contributed by atoms with Crippen LogP contribution in [0.1, 0.15) is 19.4 Å². The molecule has 0 aliphatic heterocycles. The maximum absolute atomic E-state index is 5.92. The zero-order chi connectivity index (χ0) is 13.8. The van der Waals surface area contributed by atoms with E-state index < -0.39 is 0 Å². The van der Waals surface area contributed by atoms with Crippen molar-refractivity contribution in [3.05, 3.63) is 48.0 Å². The van der Waals surface area contributed by atoms with Crippen molar-refractivity contribution in [3.8, 4) is 5.75 Å². The fourth-order valence-electron chi connectivity index (χ4n) is 1.75. The Hall–Kier alpha value is -1.61. The van der Waals surface area contributed by atoms with Crippen molar-refractivity contribution in [1.82, 2.24) is 0 Å². The van der Waals surface area contributed by atoms with E-state index in [9.17, 15) is 0 Å². The summed E-state index contributed by atoms with van der Waals surface area (Å²) in [4.78, 5) is 2.36. The second-order valence-electron chi connectivity index (χ2n) is 4.78. The highest BCUT2D eigenvalue weighted by Gasteiger charge is 2.06. The number of aryl methyl sites for hydroxylation is 1. The zero-order valence-corrected chi connectivity index (χ0v) is 12.3. The Bertz CT molecular complexity index is 566. The number of benzene rings is 2. The molecule has 2 rings (SSSR count). The molecule has 0 spiro atoms. The van der Waals surface area contributed by atoms with Gasteiger partial charge in [-0.05, 0) is 51.1 Å². The van der Waals surface area contributed by atoms with E-state index in [4.69, 9.17) is 10.5 Å². The second kappa shape index (κ2) is 6.02. The van der Waals surface area contributed by atoms with Gasteiger partial charge in [0.25, 0.3) is 0 Å². The number of anilines is 1. The first-order valence-electron chi connectivity index (χ1n) is 6.35. The quantitative estimate of drug-likeness (QED) is 0.832. The topological polar surface area (TPSA) is 35.2 Å². The Balaban J connectivity index is 2.21. The predicted molar refractivity (Wildman–Crippen MR) is 81.9 cm³/mol. The van der Waals surface area contributed by atoms with Gasteiger partial charge in [-0.25, -0.2) is 0 Å². The number of ether oxygens (including phenoxy) is 1. The molecule has 0 aliphatic rings. The summed E-state index contributed by atoms with van der Waals surface area (Å²) in [6.07, 6.45) is 0.126. The van der Waals surface area contributed by atoms with Crippen LogP contribution >= 0.6 is 11.8 Å². The van der Waals surface area contributed by atoms with Gasteiger partial charge in [0.1, 0.15) is 5.75 Å². The number of nitrogens with two attached hydrogens (primary N) is 1. The van der Waals surface area contributed by atoms with Crippen LogP contribution in [0.3, 0.4) is 0 Å². The first-order chi connectivity index (χ1) is 9.04. The molecule has 2 aromatic rings. The lowest BCUT2D eigenvalue weighted by Crippen LogP contribution is -2.07. The summed E-state index contributed by atoms with van der Waals surface area (Å²) in [5.41, 5.74) is 7.87. The largest absolute Gasteiger partial charge is 0.489 e. The van der Waals surface area contributed by atoms with Gasteiger partial charge in [0.15, 0.2) is 0 Å². The smallest absolute Gasteiger partial charge is 0.143 e. The lowest BCUT2D eigenvalue weighted by Gasteiger charge is -2.13. The van der Waals surface area contributed by atoms with E-state index in [1.54, 1.807) is 11.8 Å². The molecule has 2 nitrogen and oxygen atoms in total. The van der Waals surface area contributed by atoms with Crippen molar-refractivity contribution in [3.63, 3.8) is 0 Å². The van der Waals surface area contributed by atoms with Crippen LogP contribution in [-0.4, -0.2) is 6.10 Å². The Morgan fingerprint density at radius 3 is 2.47 bits per heavy atom. The molecule has 0 aromatic heterocycles. The van der Waals surface area contributed by atoms with E-state index >= 15 is 0 Å². The third kappa shape index (κ3) is 3.93. The standard InChI is InChI=1S/C16H19NOS/c1-11(2)18-16-10-14(7-8-15(16)17)19-13-6-4-5-12(3)9-13/h4-11H,17H2,1-3H3. The van der Waals surface area contributed by atoms with Gasteiger partial charge in [0.2, 0.25) is 0 Å². The molecule has 0 heterocycles. The van der Waals surface area contributed by atoms with Crippen LogP contribution in [0, 0.1) is 6.92 Å². The summed E-state index contributed by atoms with van der Waals surface area (Å²) in [5, 5.41) is 0. The van der Waals surface area contributed by atoms with Gasteiger partial charge in [-0.1, -0.05) is 29.5 Å². The lowest BCUT2D eigenvalue weighted by atomic mass is 10.2. The minimum Gasteiger partial charge on any atom is -0.489 e. The van der Waals surface area contributed by atoms with Gasteiger partial charge in [-0.2, -0.15) is 0 Å². The fraction of sp³-hybridized carbons (Fsp3) is 0.250. The van der Waals surface area contributed by atoms with Crippen LogP contribution in [0.5, 0.6) is 5.75 Å². The van der Waals surface area contributed by atoms with Crippen molar-refractivity contribution in [1.29, 1.82) is 0 Å². The normalized spacial score (nSPS) is 10.7. The number of nitrogen functional groups attached to an aromatic ring is 1. The van der Waals surface area contributed by atoms with Gasteiger partial charge < -0.3 is 10.5 Å². The summed E-state index contributed by atoms with van der Waals surface area (Å²) in [5.74, 6) is 0.757. The van der Waals surface area contributed by atoms with E-state index in [1.165, 1.54) is 10.5 Å². The molecule has 0 atom stereocenters. The third-order valence-electron chi connectivity index (χ3n) is 2.57. The maximum atomic E-state index is 5.92. The summed E-state index contributed by atoms with van der Waals surface area (Å²) >= 11 is 1.72. The monoisotopic (exact) mass is 273 g/mol. The summed E-state index contributed by atoms with van der Waals surface area (Å²) in [6.45, 7) is 6.10. The Morgan fingerprint density at radius 1 is 1.05 bits per heavy atom. The SMILES string of the molecule is Cc1cccc(Sc2ccc(N)c(OC(C)C)c2)c1. The minimum atomic E-state index is 0.126. The van der Waals surface area contributed by atoms with Crippen molar-refractivity contribution < 1.29 is 4.74 Å². The van der Waals surface area contributed by atoms with Crippen molar-refractivity contribution in [2.24, 2.45) is 0 Å². The molecular weight excluding hydrogens is 254 g/mol. The Morgan fingerprint density at radius 2 is 1.79 bits per heavy atom. The molecule has 0 unspecified atom stereocenters. The number of hydrogen-bond acceptors (Lipinski definition) is 3. The van der Waals surface area contributed by atoms with E-state index in [2.05, 4.69) is 31.2 Å². The molecule has 0 fully saturated rings. The molecule has 0 radical (unpaired) electrons. The Labute approximate surface area is 119 Å². The summed E-state index contributed by atoms with van der Waals surface area (Å²) in [7, 11) is 0. The molecule has 0 saturated heterocycles. The molecule has 0 amide bonds. The molecule has 2 N–H and O–H groups in total. The van der Waals surface area contributed by atoms with Crippen LogP contribution < -0.4 is 10.5 Å². The van der Waals surface area contributed by atoms with Gasteiger partial charge >= 0.3 is 0 Å². The summed E-state index contributed by atoms with van der Waals surface area (Å²) < 4.78 is 5.71. The predicted octanol–water partition coefficient (Wildman–Crippen LogP) is 4.52. The first-order valence-corrected chi connectivity index (χ1v) is 7.17. The van der Waals surface area contributed by atoms with Crippen molar-refractivity contribution in [2.45, 2.75) is 36.7 Å². The molecule has 100 valence electrons. The van der Waals surface area contributed by atoms with E-state index in [0.717, 1.165) is 10.6 Å². The van der Waals surface area contributed by atoms with Gasteiger partial charge in [0, 0.05) is 9.79 Å². The molecular formula is C16H19NOS. The molecule has 3 heteroatoms. The highest BCUT2D eigenvalue weighted by atomic mass is 32.2. The average Bonchev–Trinajstić information content (AvgIpc) is 2.33. The number of hydrogen-bond donors (Lipinski definition) is 1. The first kappa shape index (κ1) is 13.8. The lowest BCUT2D eigenvalue weighted by molar-refractivity contribution is 0.243. The van der Waals surface area contributed by atoms with Crippen molar-refractivity contribution in [2.75, 3.05) is 5.73 Å². The van der Waals surface area contributed by atoms with Crippen LogP contribution in [0.2, 0.25) is 0 Å². The second-order valence-corrected chi connectivity index (χ2v) is 5.93.